The van der Waals surface area contributed by atoms with Gasteiger partial charge in [-0.05, 0) is 107 Å². The van der Waals surface area contributed by atoms with E-state index < -0.39 is 265 Å². The highest BCUT2D eigenvalue weighted by molar-refractivity contribution is 8.08. The number of ether oxygens (including phenoxy) is 18. The smallest absolute Gasteiger partial charge is 0.351 e. The number of methoxy groups -OCH3 is 6. The summed E-state index contributed by atoms with van der Waals surface area (Å²) in [6, 6.07) is 0. The summed E-state index contributed by atoms with van der Waals surface area (Å²) in [5.74, 6) is -0.434. The van der Waals surface area contributed by atoms with Crippen LogP contribution < -0.4 is 68.0 Å². The molecule has 0 amide bonds. The third-order valence-electron chi connectivity index (χ3n) is 23.6. The van der Waals surface area contributed by atoms with Gasteiger partial charge in [-0.25, -0.2) is 28.8 Å². The van der Waals surface area contributed by atoms with Gasteiger partial charge in [0.25, 0.3) is 16.7 Å². The fraction of sp³-hybridized carbons (Fsp3) is 0.696. The molecule has 12 rings (SSSR count). The topological polar surface area (TPSA) is 727 Å². The van der Waals surface area contributed by atoms with Gasteiger partial charge in [0.1, 0.15) is 121 Å². The van der Waals surface area contributed by atoms with Gasteiger partial charge in [-0.15, -0.1) is 0 Å². The number of aliphatic hydroxyl groups is 1. The minimum Gasteiger partial charge on any atom is -0.387 e. The molecule has 6 fully saturated rings. The number of aromatic amines is 3. The lowest BCUT2D eigenvalue weighted by Gasteiger charge is -2.31. The van der Waals surface area contributed by atoms with E-state index in [4.69, 9.17) is 207 Å². The van der Waals surface area contributed by atoms with Gasteiger partial charge in [0.15, 0.2) is 37.4 Å². The minimum atomic E-state index is -5.11. The van der Waals surface area contributed by atoms with Crippen molar-refractivity contribution < 1.29 is 160 Å². The molecule has 0 aliphatic carbocycles. The average Bonchev–Trinajstić information content (AvgIpc) is 1.58. The van der Waals surface area contributed by atoms with Gasteiger partial charge in [-0.2, -0.15) is 15.0 Å². The van der Waals surface area contributed by atoms with Gasteiger partial charge in [0, 0.05) is 113 Å². The van der Waals surface area contributed by atoms with Crippen molar-refractivity contribution >= 4 is 110 Å². The predicted molar refractivity (Wildman–Crippen MR) is 527 cm³/mol. The number of nitrogens with one attached hydrogen (secondary N) is 3. The minimum absolute atomic E-state index is 0.0101. The maximum absolute atomic E-state index is 14.2. The van der Waals surface area contributed by atoms with Crippen LogP contribution >= 0.6 is 33.6 Å². The second-order valence-corrected chi connectivity index (χ2v) is 47.8. The number of anilines is 3. The number of aryl methyl sites for hydroxylation is 6. The van der Waals surface area contributed by atoms with Crippen LogP contribution in [0.3, 0.4) is 0 Å². The summed E-state index contributed by atoms with van der Waals surface area (Å²) in [5, 5.41) is 11.8. The van der Waals surface area contributed by atoms with Gasteiger partial charge in [0.05, 0.1) is 118 Å². The molecule has 824 valence electrons. The molecule has 0 bridgehead atoms. The van der Waals surface area contributed by atoms with Crippen LogP contribution in [0, 0.1) is 41.5 Å². The van der Waals surface area contributed by atoms with Crippen molar-refractivity contribution in [2.75, 3.05) is 172 Å². The molecule has 11 unspecified atom stereocenters. The maximum Gasteiger partial charge on any atom is 0.351 e. The number of nitrogen functional groups attached to an aromatic ring is 3. The van der Waals surface area contributed by atoms with Crippen molar-refractivity contribution in [3.63, 3.8) is 0 Å². The Morgan fingerprint density at radius 1 is 0.306 bits per heavy atom. The Bertz CT molecular complexity index is 6350. The lowest BCUT2D eigenvalue weighted by atomic mass is 10.1. The van der Waals surface area contributed by atoms with Crippen molar-refractivity contribution in [3.05, 3.63) is 165 Å². The lowest BCUT2D eigenvalue weighted by molar-refractivity contribution is -0.0842. The highest BCUT2D eigenvalue weighted by Crippen LogP contribution is 2.58. The molecule has 29 atom stereocenters. The SMILES string of the molecule is CC[C@H]1O[C@@H](n2cc(C)c(N)nc2=O)C(OCCOC)[C@H]1OP(O)(=S)OC[C@H]1O[C@@H](n2cc(C)c(=O)[nH]c2=O)C(OCCOC)[C@H]1OP(O)(=S)OC[C@H]1O[C@@H](n2cc(C)c(=O)[nH]c2=O)C(OCCOC)[C@H]1OP(O)(=S)OC[C@H]1O[C@@H](n2cc(C)c(N)nc2=O)C(OCCOC)[C@H]1OP(O)(=S)OC[C@H]1O[C@@H](n2cc(C)c(N)nc2=O)C(OCCOC)[C@H]1OP(O)(=S)OC[C@H]1O[C@@H](n2cc(C)c(=O)[nH]c2=O)C(OCCOC)[C@H]1O. The first-order chi connectivity index (χ1) is 69.6. The summed E-state index contributed by atoms with van der Waals surface area (Å²) in [5.41, 5.74) is 10.9. The number of nitrogens with zero attached hydrogens (tertiary/aromatic N) is 9. The summed E-state index contributed by atoms with van der Waals surface area (Å²) in [6.07, 6.45) is -30.7. The van der Waals surface area contributed by atoms with Crippen molar-refractivity contribution in [2.45, 2.75) is 202 Å². The zero-order valence-electron chi connectivity index (χ0n) is 81.4. The van der Waals surface area contributed by atoms with Crippen LogP contribution in [-0.4, -0.2) is 352 Å². The van der Waals surface area contributed by atoms with Crippen LogP contribution in [0.4, 0.5) is 17.5 Å². The molecule has 147 heavy (non-hydrogen) atoms. The van der Waals surface area contributed by atoms with E-state index in [-0.39, 0.29) is 131 Å². The fourth-order valence-corrected chi connectivity index (χ4v) is 23.5. The van der Waals surface area contributed by atoms with Crippen LogP contribution in [0.5, 0.6) is 0 Å². The number of H-pyrrole nitrogens is 3. The third kappa shape index (κ3) is 30.2. The van der Waals surface area contributed by atoms with Gasteiger partial charge >= 0.3 is 67.7 Å². The van der Waals surface area contributed by atoms with Crippen molar-refractivity contribution in [2.24, 2.45) is 0 Å². The van der Waals surface area contributed by atoms with E-state index in [2.05, 4.69) is 29.9 Å². The highest BCUT2D eigenvalue weighted by Gasteiger charge is 2.59. The Kier molecular flexibility index (Phi) is 43.1. The molecular weight excluding hydrogens is 2160 g/mol. The van der Waals surface area contributed by atoms with Gasteiger partial charge in [0.2, 0.25) is 0 Å². The van der Waals surface area contributed by atoms with E-state index in [1.54, 1.807) is 13.8 Å². The molecule has 0 spiro atoms. The van der Waals surface area contributed by atoms with E-state index in [1.165, 1.54) is 102 Å². The molecule has 68 heteroatoms. The number of aromatic nitrogens is 12. The van der Waals surface area contributed by atoms with E-state index in [0.717, 1.165) is 39.8 Å². The summed E-state index contributed by atoms with van der Waals surface area (Å²) < 4.78 is 176. The standard InChI is InChI=1S/C79H120N15O43P5S5/c1-14-44-51(57(117-22-16-111-9)69(127-44)89-27-38(2)62(80)83-74(89)99)133-139(106,144)123-34-48-54(60(120-25-19-114-12)72(131-48)93-31-42(6)66(97)87-78(93)103)136-142(109,147)126-37-49-55(61(121-26-20-115-13)73(132-49)94-32-43(7)67(98)88-79(94)104)137-141(108,146)125-36-47-53(59(119-24-18-113-11)71(130-47)91-29-40(4)64(82)85-76(91)101)135-140(107,145)124-35-46-52(58(118-23-17-112-10)70(129-46)90-28-39(3)63(81)84-75(90)100)134-138(105,143)122-33-45-50(95)56(116-21-15-110-8)68(128-45)92-30-41(5)65(96)86-77(92)102/h27-32,44-61,68-73,95H,14-26,33-37H2,1-13H3,(H,105,143)(H,106,144)(H,107,145)(H,108,146)(H,109,147)(H2,80,83,99)(H2,81,84,100)(H2,82,85,101)(H,86,96,102)(H,87,97,103)(H,88,98,104)/t44-,45-,46-,47-,48-,49-,50+,51+,52+,53+,54+,55+,56?,57?,58?,59?,60?,61?,68-,69-,70-,71-,72-,73-,138?,139?,140?,141?,142?/m1/s1. The Morgan fingerprint density at radius 2 is 0.503 bits per heavy atom. The molecule has 0 saturated carbocycles. The monoisotopic (exact) mass is 2280 g/mol. The first-order valence-corrected chi connectivity index (χ1v) is 58.1. The largest absolute Gasteiger partial charge is 0.387 e. The zero-order valence-corrected chi connectivity index (χ0v) is 89.9. The summed E-state index contributed by atoms with van der Waals surface area (Å²) in [7, 11) is 8.16. The molecule has 0 aromatic carbocycles. The molecule has 6 saturated heterocycles. The van der Waals surface area contributed by atoms with Gasteiger partial charge in [-0.1, -0.05) is 6.92 Å². The first-order valence-electron chi connectivity index (χ1n) is 45.1. The highest BCUT2D eigenvalue weighted by atomic mass is 32.5. The second kappa shape index (κ2) is 52.9. The Balaban J connectivity index is 0.851. The molecule has 6 aromatic rings. The quantitative estimate of drug-likeness (QED) is 0.0138. The second-order valence-electron chi connectivity index (χ2n) is 33.9. The number of nitrogens with two attached hydrogens (primary N) is 3. The number of hydrogen-bond acceptors (Lipinski definition) is 49. The van der Waals surface area contributed by atoms with Crippen LogP contribution in [0.1, 0.15) is 84.1 Å². The molecule has 12 heterocycles. The molecule has 6 aliphatic rings. The van der Waals surface area contributed by atoms with E-state index >= 15 is 0 Å². The molecule has 0 radical (unpaired) electrons. The molecular formula is C79H120N15O43P5S5. The Hall–Kier alpha value is -6.03. The number of hydrogen-bond donors (Lipinski definition) is 12. The third-order valence-corrected chi connectivity index (χ3v) is 31.4. The van der Waals surface area contributed by atoms with Crippen LogP contribution in [0.25, 0.3) is 0 Å². The van der Waals surface area contributed by atoms with Crippen molar-refractivity contribution in [1.29, 1.82) is 0 Å². The van der Waals surface area contributed by atoms with Crippen LogP contribution in [-0.2, 0) is 190 Å². The first kappa shape index (κ1) is 120. The van der Waals surface area contributed by atoms with Gasteiger partial charge < -0.3 is 155 Å². The fourth-order valence-electron chi connectivity index (χ4n) is 16.3. The average molecular weight is 2280 g/mol. The Morgan fingerprint density at radius 3 is 0.741 bits per heavy atom. The molecule has 6 aliphatic heterocycles. The van der Waals surface area contributed by atoms with Crippen LogP contribution in [0.2, 0.25) is 0 Å². The summed E-state index contributed by atoms with van der Waals surface area (Å²) >= 11 is 28.9. The zero-order chi connectivity index (χ0) is 107. The van der Waals surface area contributed by atoms with E-state index in [1.807, 2.05) is 0 Å². The molecule has 15 N–H and O–H groups in total. The maximum atomic E-state index is 14.2. The normalized spacial score (nSPS) is 29.4. The lowest BCUT2D eigenvalue weighted by Crippen LogP contribution is -2.42. The van der Waals surface area contributed by atoms with Gasteiger partial charge in [-0.3, -0.25) is 79.4 Å². The van der Waals surface area contributed by atoms with E-state index in [0.29, 0.717) is 5.56 Å². The Labute approximate surface area is 861 Å². The predicted octanol–water partition coefficient (Wildman–Crippen LogP) is -2.56. The van der Waals surface area contributed by atoms with Crippen LogP contribution in [0.15, 0.2) is 80.3 Å². The summed E-state index contributed by atoms with van der Waals surface area (Å²) in [4.78, 5) is 203. The number of aliphatic hydroxyl groups excluding tert-OH is 1. The van der Waals surface area contributed by atoms with Crippen molar-refractivity contribution in [1.82, 2.24) is 57.3 Å². The number of rotatable bonds is 56. The molecule has 6 aromatic heterocycles. The van der Waals surface area contributed by atoms with E-state index in [9.17, 15) is 72.7 Å². The molecule has 58 nitrogen and oxygen atoms in total. The van der Waals surface area contributed by atoms with Crippen molar-refractivity contribution in [3.8, 4) is 0 Å². The summed E-state index contributed by atoms with van der Waals surface area (Å²) in [6.45, 7) is -20.9.